The molecule has 1 heterocycles. The molecule has 1 aliphatic heterocycles. The van der Waals surface area contributed by atoms with Crippen LogP contribution < -0.4 is 5.32 Å². The third kappa shape index (κ3) is 3.07. The smallest absolute Gasteiger partial charge is 0.244 e. The molecule has 0 spiro atoms. The second-order valence-corrected chi connectivity index (χ2v) is 5.01. The Bertz CT molecular complexity index is 493. The number of carbonyl (C=O) groups is 2. The molecule has 0 bridgehead atoms. The lowest BCUT2D eigenvalue weighted by molar-refractivity contribution is -0.131. The first-order chi connectivity index (χ1) is 8.56. The Morgan fingerprint density at radius 1 is 1.50 bits per heavy atom. The van der Waals surface area contributed by atoms with Crippen molar-refractivity contribution < 1.29 is 14.0 Å². The van der Waals surface area contributed by atoms with E-state index in [2.05, 4.69) is 21.2 Å². The van der Waals surface area contributed by atoms with E-state index in [1.165, 1.54) is 17.0 Å². The normalized spacial score (nSPS) is 15.0. The van der Waals surface area contributed by atoms with Crippen LogP contribution in [-0.4, -0.2) is 29.8 Å². The predicted molar refractivity (Wildman–Crippen MR) is 68.5 cm³/mol. The van der Waals surface area contributed by atoms with Gasteiger partial charge in [0.05, 0.1) is 12.2 Å². The monoisotopic (exact) mass is 314 g/mol. The standard InChI is InChI=1S/C12H12BrFN2O2/c13-8-3-4-10(9(14)6-8)15-11(17)7-16-5-1-2-12(16)18/h3-4,6H,1-2,5,7H2,(H,15,17). The number of amides is 2. The van der Waals surface area contributed by atoms with Crippen LogP contribution >= 0.6 is 15.9 Å². The molecule has 6 heteroatoms. The van der Waals surface area contributed by atoms with Gasteiger partial charge in [-0.3, -0.25) is 9.59 Å². The Morgan fingerprint density at radius 2 is 2.28 bits per heavy atom. The van der Waals surface area contributed by atoms with E-state index in [1.807, 2.05) is 0 Å². The molecule has 4 nitrogen and oxygen atoms in total. The number of benzene rings is 1. The molecule has 1 aromatic rings. The Kier molecular flexibility index (Phi) is 3.96. The number of hydrogen-bond acceptors (Lipinski definition) is 2. The van der Waals surface area contributed by atoms with E-state index >= 15 is 0 Å². The number of carbonyl (C=O) groups excluding carboxylic acids is 2. The first-order valence-electron chi connectivity index (χ1n) is 5.59. The third-order valence-electron chi connectivity index (χ3n) is 2.71. The van der Waals surface area contributed by atoms with E-state index in [1.54, 1.807) is 6.07 Å². The molecule has 1 aromatic carbocycles. The zero-order valence-electron chi connectivity index (χ0n) is 9.58. The number of anilines is 1. The minimum Gasteiger partial charge on any atom is -0.333 e. The number of nitrogens with one attached hydrogen (secondary N) is 1. The molecule has 2 rings (SSSR count). The summed E-state index contributed by atoms with van der Waals surface area (Å²) in [4.78, 5) is 24.5. The highest BCUT2D eigenvalue weighted by Gasteiger charge is 2.22. The molecular formula is C12H12BrFN2O2. The van der Waals surface area contributed by atoms with Gasteiger partial charge in [-0.2, -0.15) is 0 Å². The Morgan fingerprint density at radius 3 is 2.89 bits per heavy atom. The first kappa shape index (κ1) is 13.0. The van der Waals surface area contributed by atoms with Crippen LogP contribution in [0.5, 0.6) is 0 Å². The summed E-state index contributed by atoms with van der Waals surface area (Å²) >= 11 is 3.14. The summed E-state index contributed by atoms with van der Waals surface area (Å²) in [7, 11) is 0. The lowest BCUT2D eigenvalue weighted by Gasteiger charge is -2.15. The number of hydrogen-bond donors (Lipinski definition) is 1. The van der Waals surface area contributed by atoms with Crippen molar-refractivity contribution in [3.05, 3.63) is 28.5 Å². The second kappa shape index (κ2) is 5.48. The van der Waals surface area contributed by atoms with Crippen molar-refractivity contribution >= 4 is 33.4 Å². The lowest BCUT2D eigenvalue weighted by Crippen LogP contribution is -2.34. The SMILES string of the molecule is O=C(CN1CCCC1=O)Nc1ccc(Br)cc1F. The van der Waals surface area contributed by atoms with Gasteiger partial charge >= 0.3 is 0 Å². The summed E-state index contributed by atoms with van der Waals surface area (Å²) in [5, 5.41) is 2.46. The van der Waals surface area contributed by atoms with Crippen LogP contribution in [0.2, 0.25) is 0 Å². The molecule has 2 amide bonds. The van der Waals surface area contributed by atoms with Crippen molar-refractivity contribution in [1.29, 1.82) is 0 Å². The van der Waals surface area contributed by atoms with Crippen molar-refractivity contribution in [2.75, 3.05) is 18.4 Å². The average Bonchev–Trinajstić information content (AvgIpc) is 2.69. The largest absolute Gasteiger partial charge is 0.333 e. The van der Waals surface area contributed by atoms with E-state index < -0.39 is 5.82 Å². The Balaban J connectivity index is 1.96. The number of nitrogens with zero attached hydrogens (tertiary/aromatic N) is 1. The molecule has 0 radical (unpaired) electrons. The van der Waals surface area contributed by atoms with E-state index in [0.29, 0.717) is 17.4 Å². The zero-order valence-corrected chi connectivity index (χ0v) is 11.2. The van der Waals surface area contributed by atoms with Crippen molar-refractivity contribution in [2.45, 2.75) is 12.8 Å². The fourth-order valence-electron chi connectivity index (χ4n) is 1.83. The van der Waals surface area contributed by atoms with Gasteiger partial charge in [0, 0.05) is 17.4 Å². The Hall–Kier alpha value is -1.43. The lowest BCUT2D eigenvalue weighted by atomic mass is 10.3. The van der Waals surface area contributed by atoms with Gasteiger partial charge in [-0.25, -0.2) is 4.39 Å². The van der Waals surface area contributed by atoms with Crippen LogP contribution in [0.25, 0.3) is 0 Å². The van der Waals surface area contributed by atoms with Gasteiger partial charge in [0.15, 0.2) is 0 Å². The first-order valence-corrected chi connectivity index (χ1v) is 6.38. The summed E-state index contributed by atoms with van der Waals surface area (Å²) in [6, 6.07) is 4.39. The molecule has 18 heavy (non-hydrogen) atoms. The molecule has 96 valence electrons. The summed E-state index contributed by atoms with van der Waals surface area (Å²) in [6.07, 6.45) is 1.26. The molecule has 1 saturated heterocycles. The van der Waals surface area contributed by atoms with Crippen molar-refractivity contribution in [1.82, 2.24) is 4.90 Å². The van der Waals surface area contributed by atoms with Crippen LogP contribution in [0.4, 0.5) is 10.1 Å². The van der Waals surface area contributed by atoms with E-state index in [4.69, 9.17) is 0 Å². The minimum atomic E-state index is -0.509. The van der Waals surface area contributed by atoms with Gasteiger partial charge in [-0.05, 0) is 24.6 Å². The zero-order chi connectivity index (χ0) is 13.1. The maximum Gasteiger partial charge on any atom is 0.244 e. The van der Waals surface area contributed by atoms with Crippen LogP contribution in [0.1, 0.15) is 12.8 Å². The number of halogens is 2. The van der Waals surface area contributed by atoms with Crippen molar-refractivity contribution in [3.8, 4) is 0 Å². The molecule has 1 N–H and O–H groups in total. The quantitative estimate of drug-likeness (QED) is 0.929. The van der Waals surface area contributed by atoms with Crippen LogP contribution in [0, 0.1) is 5.82 Å². The molecule has 0 aromatic heterocycles. The fraction of sp³-hybridized carbons (Fsp3) is 0.333. The second-order valence-electron chi connectivity index (χ2n) is 4.09. The van der Waals surface area contributed by atoms with E-state index in [0.717, 1.165) is 6.42 Å². The Labute approximate surface area is 112 Å². The molecular weight excluding hydrogens is 303 g/mol. The molecule has 1 aliphatic rings. The minimum absolute atomic E-state index is 0.0195. The van der Waals surface area contributed by atoms with E-state index in [9.17, 15) is 14.0 Å². The number of likely N-dealkylation sites (tertiary alicyclic amines) is 1. The van der Waals surface area contributed by atoms with Gasteiger partial charge in [-0.1, -0.05) is 15.9 Å². The molecule has 0 aliphatic carbocycles. The van der Waals surface area contributed by atoms with Crippen LogP contribution in [0.3, 0.4) is 0 Å². The van der Waals surface area contributed by atoms with Gasteiger partial charge in [0.2, 0.25) is 11.8 Å². The van der Waals surface area contributed by atoms with Crippen LogP contribution in [-0.2, 0) is 9.59 Å². The summed E-state index contributed by atoms with van der Waals surface area (Å²) in [5.41, 5.74) is 0.120. The third-order valence-corrected chi connectivity index (χ3v) is 3.20. The summed E-state index contributed by atoms with van der Waals surface area (Å²) in [5.74, 6) is -0.918. The average molecular weight is 315 g/mol. The van der Waals surface area contributed by atoms with Gasteiger partial charge in [0.25, 0.3) is 0 Å². The maximum absolute atomic E-state index is 13.5. The van der Waals surface area contributed by atoms with Crippen molar-refractivity contribution in [3.63, 3.8) is 0 Å². The maximum atomic E-state index is 13.5. The molecule has 0 atom stereocenters. The highest BCUT2D eigenvalue weighted by Crippen LogP contribution is 2.19. The van der Waals surface area contributed by atoms with Gasteiger partial charge in [-0.15, -0.1) is 0 Å². The summed E-state index contributed by atoms with van der Waals surface area (Å²) < 4.78 is 14.1. The van der Waals surface area contributed by atoms with Gasteiger partial charge in [0.1, 0.15) is 5.82 Å². The van der Waals surface area contributed by atoms with E-state index in [-0.39, 0.29) is 24.0 Å². The number of rotatable bonds is 3. The molecule has 1 fully saturated rings. The van der Waals surface area contributed by atoms with Crippen LogP contribution in [0.15, 0.2) is 22.7 Å². The van der Waals surface area contributed by atoms with Gasteiger partial charge < -0.3 is 10.2 Å². The van der Waals surface area contributed by atoms with Crippen molar-refractivity contribution in [2.24, 2.45) is 0 Å². The summed E-state index contributed by atoms with van der Waals surface area (Å²) in [6.45, 7) is 0.573. The molecule has 0 saturated carbocycles. The highest BCUT2D eigenvalue weighted by atomic mass is 79.9. The highest BCUT2D eigenvalue weighted by molar-refractivity contribution is 9.10. The fourth-order valence-corrected chi connectivity index (χ4v) is 2.16. The molecule has 0 unspecified atom stereocenters. The predicted octanol–water partition coefficient (Wildman–Crippen LogP) is 2.15. The topological polar surface area (TPSA) is 49.4 Å².